The number of pyridine rings is 1. The SMILES string of the molecule is Cc1cc(C2CCC(=O)NC2=O)cnc1N1CCC2(CCN(C(=O)c3ccc([C@H]4C[C@@H](Nc5cnn(C)c(=O)c5Br)CN(C)C4)cc3)CC2)CC1. The summed E-state index contributed by atoms with van der Waals surface area (Å²) in [5.41, 5.74) is 4.65. The highest BCUT2D eigenvalue weighted by Crippen LogP contribution is 2.43. The van der Waals surface area contributed by atoms with Gasteiger partial charge >= 0.3 is 0 Å². The summed E-state index contributed by atoms with van der Waals surface area (Å²) in [4.78, 5) is 61.4. The molecule has 0 aliphatic carbocycles. The second-order valence-corrected chi connectivity index (χ2v) is 15.9. The van der Waals surface area contributed by atoms with Crippen LogP contribution >= 0.6 is 15.9 Å². The molecule has 13 heteroatoms. The second kappa shape index (κ2) is 14.5. The average Bonchev–Trinajstić information content (AvgIpc) is 3.12. The molecule has 3 atom stereocenters. The van der Waals surface area contributed by atoms with E-state index in [-0.39, 0.29) is 40.7 Å². The Morgan fingerprint density at radius 2 is 1.67 bits per heavy atom. The topological polar surface area (TPSA) is 133 Å². The van der Waals surface area contributed by atoms with Gasteiger partial charge in [0.25, 0.3) is 11.5 Å². The predicted octanol–water partition coefficient (Wildman–Crippen LogP) is 4.19. The van der Waals surface area contributed by atoms with E-state index < -0.39 is 0 Å². The van der Waals surface area contributed by atoms with Crippen LogP contribution < -0.4 is 21.1 Å². The molecule has 4 saturated heterocycles. The molecule has 4 aliphatic heterocycles. The average molecular weight is 760 g/mol. The van der Waals surface area contributed by atoms with Crippen molar-refractivity contribution in [1.29, 1.82) is 0 Å². The summed E-state index contributed by atoms with van der Waals surface area (Å²) in [5, 5.41) is 10.1. The highest BCUT2D eigenvalue weighted by Gasteiger charge is 2.39. The van der Waals surface area contributed by atoms with E-state index in [2.05, 4.69) is 73.6 Å². The fraction of sp³-hybridized carbons (Fsp3) is 0.526. The van der Waals surface area contributed by atoms with Crippen molar-refractivity contribution in [2.75, 3.05) is 56.5 Å². The molecular formula is C38H47BrN8O4. The summed E-state index contributed by atoms with van der Waals surface area (Å²) >= 11 is 3.43. The van der Waals surface area contributed by atoms with Crippen LogP contribution in [0.25, 0.3) is 0 Å². The molecule has 51 heavy (non-hydrogen) atoms. The zero-order chi connectivity index (χ0) is 35.9. The molecule has 0 radical (unpaired) electrons. The molecule has 3 amide bonds. The number of piperidine rings is 4. The van der Waals surface area contributed by atoms with Gasteiger partial charge in [-0.05, 0) is 109 Å². The van der Waals surface area contributed by atoms with Gasteiger partial charge in [-0.2, -0.15) is 5.10 Å². The summed E-state index contributed by atoms with van der Waals surface area (Å²) in [6, 6.07) is 10.4. The van der Waals surface area contributed by atoms with Crippen molar-refractivity contribution < 1.29 is 14.4 Å². The third-order valence-corrected chi connectivity index (χ3v) is 12.4. The lowest BCUT2D eigenvalue weighted by Gasteiger charge is -2.47. The van der Waals surface area contributed by atoms with Gasteiger partial charge in [0.1, 0.15) is 10.3 Å². The normalized spacial score (nSPS) is 24.0. The summed E-state index contributed by atoms with van der Waals surface area (Å²) in [7, 11) is 3.75. The summed E-state index contributed by atoms with van der Waals surface area (Å²) in [6.07, 6.45) is 9.44. The maximum Gasteiger partial charge on any atom is 0.282 e. The number of benzene rings is 1. The Kier molecular flexibility index (Phi) is 10.0. The quantitative estimate of drug-likeness (QED) is 0.356. The molecule has 3 aromatic rings. The molecule has 4 aliphatic rings. The maximum absolute atomic E-state index is 13.6. The number of nitrogens with zero attached hydrogens (tertiary/aromatic N) is 6. The highest BCUT2D eigenvalue weighted by molar-refractivity contribution is 9.10. The first-order chi connectivity index (χ1) is 24.5. The van der Waals surface area contributed by atoms with Crippen molar-refractivity contribution in [3.63, 3.8) is 0 Å². The molecule has 6 heterocycles. The monoisotopic (exact) mass is 758 g/mol. The van der Waals surface area contributed by atoms with Crippen LogP contribution in [0, 0.1) is 12.3 Å². The number of carbonyl (C=O) groups is 3. The fourth-order valence-electron chi connectivity index (χ4n) is 8.58. The molecular weight excluding hydrogens is 712 g/mol. The van der Waals surface area contributed by atoms with E-state index in [1.54, 1.807) is 19.4 Å². The van der Waals surface area contributed by atoms with Crippen molar-refractivity contribution >= 4 is 45.2 Å². The van der Waals surface area contributed by atoms with Crippen LogP contribution in [-0.2, 0) is 16.6 Å². The summed E-state index contributed by atoms with van der Waals surface area (Å²) in [6.45, 7) is 7.22. The molecule has 1 unspecified atom stereocenters. The number of nitrogens with one attached hydrogen (secondary N) is 2. The third kappa shape index (κ3) is 7.46. The van der Waals surface area contributed by atoms with Crippen LogP contribution in [0.1, 0.15) is 83.8 Å². The van der Waals surface area contributed by atoms with Crippen molar-refractivity contribution in [2.45, 2.75) is 69.7 Å². The summed E-state index contributed by atoms with van der Waals surface area (Å²) < 4.78 is 1.80. The number of rotatable bonds is 6. The largest absolute Gasteiger partial charge is 0.379 e. The lowest BCUT2D eigenvalue weighted by atomic mass is 9.71. The van der Waals surface area contributed by atoms with Crippen LogP contribution in [-0.4, -0.2) is 94.6 Å². The molecule has 2 N–H and O–H groups in total. The zero-order valence-corrected chi connectivity index (χ0v) is 31.2. The molecule has 1 aromatic carbocycles. The van der Waals surface area contributed by atoms with Crippen LogP contribution in [0.4, 0.5) is 11.5 Å². The third-order valence-electron chi connectivity index (χ3n) is 11.6. The van der Waals surface area contributed by atoms with Gasteiger partial charge in [-0.1, -0.05) is 18.2 Å². The Hall–Kier alpha value is -4.10. The predicted molar refractivity (Wildman–Crippen MR) is 199 cm³/mol. The van der Waals surface area contributed by atoms with E-state index in [1.807, 2.05) is 17.0 Å². The van der Waals surface area contributed by atoms with Gasteiger partial charge in [0.15, 0.2) is 0 Å². The van der Waals surface area contributed by atoms with Gasteiger partial charge in [0.2, 0.25) is 11.8 Å². The van der Waals surface area contributed by atoms with Crippen LogP contribution in [0.3, 0.4) is 0 Å². The molecule has 4 fully saturated rings. The van der Waals surface area contributed by atoms with Gasteiger partial charge in [-0.25, -0.2) is 9.67 Å². The number of amides is 3. The van der Waals surface area contributed by atoms with Crippen molar-refractivity contribution in [1.82, 2.24) is 29.9 Å². The Morgan fingerprint density at radius 3 is 2.35 bits per heavy atom. The molecule has 270 valence electrons. The number of imide groups is 1. The molecule has 2 aromatic heterocycles. The molecule has 7 rings (SSSR count). The number of likely N-dealkylation sites (N-methyl/N-ethyl adjacent to an activating group) is 1. The number of likely N-dealkylation sites (tertiary alicyclic amines) is 2. The van der Waals surface area contributed by atoms with Crippen molar-refractivity contribution in [3.05, 3.63) is 79.8 Å². The minimum Gasteiger partial charge on any atom is -0.379 e. The molecule has 1 spiro atoms. The number of aromatic nitrogens is 3. The maximum atomic E-state index is 13.6. The Balaban J connectivity index is 0.912. The number of anilines is 2. The molecule has 0 bridgehead atoms. The zero-order valence-electron chi connectivity index (χ0n) is 29.7. The van der Waals surface area contributed by atoms with Crippen molar-refractivity contribution in [2.24, 2.45) is 12.5 Å². The lowest BCUT2D eigenvalue weighted by molar-refractivity contribution is -0.134. The Labute approximate surface area is 307 Å². The minimum atomic E-state index is -0.325. The van der Waals surface area contributed by atoms with Gasteiger partial charge < -0.3 is 20.0 Å². The van der Waals surface area contributed by atoms with Gasteiger partial charge in [-0.3, -0.25) is 24.5 Å². The number of hydrogen-bond acceptors (Lipinski definition) is 9. The van der Waals surface area contributed by atoms with Crippen LogP contribution in [0.15, 0.2) is 52.0 Å². The standard InChI is InChI=1S/C38H47BrN8O4/c1-24-18-27(30-8-9-32(48)43-35(30)49)20-40-34(24)46-14-10-38(11-15-46)12-16-47(17-13-38)36(50)26-6-4-25(5-7-26)28-19-29(23-44(2)22-28)42-31-21-41-45(3)37(51)33(31)39/h4-7,18,20-21,28-30,42H,8-17,19,22-23H2,1-3H3,(H,43,48,49)/t28-,29+,30?/m0/s1. The van der Waals surface area contributed by atoms with Gasteiger partial charge in [0.05, 0.1) is 17.8 Å². The number of carbonyl (C=O) groups excluding carboxylic acids is 3. The second-order valence-electron chi connectivity index (χ2n) is 15.1. The number of halogens is 1. The number of aryl methyl sites for hydroxylation is 2. The lowest BCUT2D eigenvalue weighted by Crippen LogP contribution is -2.48. The van der Waals surface area contributed by atoms with Crippen LogP contribution in [0.5, 0.6) is 0 Å². The summed E-state index contributed by atoms with van der Waals surface area (Å²) in [5.74, 6) is 0.609. The van der Waals surface area contributed by atoms with Crippen LogP contribution in [0.2, 0.25) is 0 Å². The first kappa shape index (κ1) is 35.3. The van der Waals surface area contributed by atoms with E-state index in [9.17, 15) is 19.2 Å². The number of hydrogen-bond donors (Lipinski definition) is 2. The Bertz CT molecular complexity index is 1860. The van der Waals surface area contributed by atoms with Gasteiger partial charge in [-0.15, -0.1) is 0 Å². The minimum absolute atomic E-state index is 0.105. The Morgan fingerprint density at radius 1 is 0.961 bits per heavy atom. The first-order valence-electron chi connectivity index (χ1n) is 18.1. The van der Waals surface area contributed by atoms with Crippen molar-refractivity contribution in [3.8, 4) is 0 Å². The smallest absolute Gasteiger partial charge is 0.282 e. The molecule has 12 nitrogen and oxygen atoms in total. The molecule has 0 saturated carbocycles. The van der Waals surface area contributed by atoms with E-state index in [4.69, 9.17) is 4.98 Å². The highest BCUT2D eigenvalue weighted by atomic mass is 79.9. The van der Waals surface area contributed by atoms with E-state index >= 15 is 0 Å². The van der Waals surface area contributed by atoms with E-state index in [1.165, 1.54) is 10.2 Å². The fourth-order valence-corrected chi connectivity index (χ4v) is 9.05. The van der Waals surface area contributed by atoms with E-state index in [0.717, 1.165) is 93.9 Å². The van der Waals surface area contributed by atoms with E-state index in [0.29, 0.717) is 28.9 Å². The first-order valence-corrected chi connectivity index (χ1v) is 18.9. The van der Waals surface area contributed by atoms with Gasteiger partial charge in [0, 0.05) is 70.5 Å².